The van der Waals surface area contributed by atoms with Gasteiger partial charge in [-0.2, -0.15) is 0 Å². The van der Waals surface area contributed by atoms with Gasteiger partial charge < -0.3 is 9.47 Å². The van der Waals surface area contributed by atoms with Crippen LogP contribution >= 0.6 is 11.8 Å². The van der Waals surface area contributed by atoms with Crippen LogP contribution < -0.4 is 4.74 Å². The second kappa shape index (κ2) is 12.9. The van der Waals surface area contributed by atoms with Gasteiger partial charge in [0.2, 0.25) is 0 Å². The lowest BCUT2D eigenvalue weighted by molar-refractivity contribution is 0.0459. The molecule has 2 atom stereocenters. The van der Waals surface area contributed by atoms with Crippen molar-refractivity contribution in [2.45, 2.75) is 43.3 Å². The normalized spacial score (nSPS) is 19.9. The molecule has 5 nitrogen and oxygen atoms in total. The van der Waals surface area contributed by atoms with Gasteiger partial charge in [-0.05, 0) is 78.8 Å². The monoisotopic (exact) mass is 520 g/mol. The van der Waals surface area contributed by atoms with Crippen LogP contribution in [0.2, 0.25) is 0 Å². The highest BCUT2D eigenvalue weighted by molar-refractivity contribution is 8.13. The van der Waals surface area contributed by atoms with E-state index in [1.807, 2.05) is 31.4 Å². The summed E-state index contributed by atoms with van der Waals surface area (Å²) in [4.78, 5) is 21.8. The Hall–Kier alpha value is -3.19. The summed E-state index contributed by atoms with van der Waals surface area (Å²) in [5.74, 6) is 1.07. The van der Waals surface area contributed by atoms with E-state index in [4.69, 9.17) is 14.5 Å². The quantitative estimate of drug-likeness (QED) is 0.175. The number of esters is 1. The fourth-order valence-corrected chi connectivity index (χ4v) is 6.55. The van der Waals surface area contributed by atoms with Gasteiger partial charge in [0, 0.05) is 30.6 Å². The van der Waals surface area contributed by atoms with Crippen molar-refractivity contribution in [3.63, 3.8) is 0 Å². The number of methoxy groups -OCH3 is 1. The Bertz CT molecular complexity index is 1190. The fraction of sp³-hybridized carbons (Fsp3) is 0.367. The minimum atomic E-state index is -0.430. The van der Waals surface area contributed by atoms with Crippen LogP contribution in [-0.2, 0) is 15.9 Å². The minimum Gasteiger partial charge on any atom is -0.497 e. The van der Waals surface area contributed by atoms with Crippen LogP contribution in [0.5, 0.6) is 5.75 Å². The number of halogens is 1. The highest BCUT2D eigenvalue weighted by Crippen LogP contribution is 2.49. The SMILES string of the molecule is CN=C(SCc1ccc(OC)cc1)[C@@]1(c2cccnc2)CCCC[C@@H]1CCOC(=O)c1ccc(F)cc1. The number of ether oxygens (including phenoxy) is 2. The molecule has 0 spiro atoms. The van der Waals surface area contributed by atoms with Crippen LogP contribution in [0.3, 0.4) is 0 Å². The van der Waals surface area contributed by atoms with Gasteiger partial charge in [-0.15, -0.1) is 11.8 Å². The third kappa shape index (κ3) is 6.39. The van der Waals surface area contributed by atoms with E-state index in [1.54, 1.807) is 25.1 Å². The van der Waals surface area contributed by atoms with Crippen molar-refractivity contribution in [1.82, 2.24) is 4.98 Å². The maximum absolute atomic E-state index is 13.2. The van der Waals surface area contributed by atoms with Gasteiger partial charge in [0.25, 0.3) is 0 Å². The number of aromatic nitrogens is 1. The summed E-state index contributed by atoms with van der Waals surface area (Å²) in [5, 5.41) is 1.09. The number of thioether (sulfide) groups is 1. The minimum absolute atomic E-state index is 0.244. The van der Waals surface area contributed by atoms with E-state index in [9.17, 15) is 9.18 Å². The van der Waals surface area contributed by atoms with Crippen LogP contribution in [0.1, 0.15) is 53.6 Å². The molecule has 1 aliphatic carbocycles. The van der Waals surface area contributed by atoms with Crippen molar-refractivity contribution in [1.29, 1.82) is 0 Å². The Morgan fingerprint density at radius 3 is 2.59 bits per heavy atom. The third-order valence-corrected chi connectivity index (χ3v) is 8.44. The standard InChI is InChI=1S/C30H33FN2O3S/c1-32-29(37-21-22-8-14-27(35-2)15-9-22)30(25-7-5-18-33-20-25)17-4-3-6-24(30)16-19-36-28(34)23-10-12-26(31)13-11-23/h5,7-15,18,20,24H,3-4,6,16-17,19,21H2,1-2H3/t24-,30+/m1/s1. The van der Waals surface area contributed by atoms with E-state index in [1.165, 1.54) is 29.8 Å². The molecule has 1 saturated carbocycles. The van der Waals surface area contributed by atoms with Gasteiger partial charge in [-0.25, -0.2) is 9.18 Å². The van der Waals surface area contributed by atoms with Crippen LogP contribution in [0.15, 0.2) is 78.0 Å². The molecule has 0 N–H and O–H groups in total. The van der Waals surface area contributed by atoms with Gasteiger partial charge >= 0.3 is 5.97 Å². The van der Waals surface area contributed by atoms with Crippen molar-refractivity contribution < 1.29 is 18.7 Å². The highest BCUT2D eigenvalue weighted by atomic mass is 32.2. The van der Waals surface area contributed by atoms with Gasteiger partial charge in [0.1, 0.15) is 11.6 Å². The van der Waals surface area contributed by atoms with E-state index in [2.05, 4.69) is 23.2 Å². The van der Waals surface area contributed by atoms with E-state index in [0.29, 0.717) is 18.6 Å². The second-order valence-electron chi connectivity index (χ2n) is 9.25. The molecule has 7 heteroatoms. The topological polar surface area (TPSA) is 60.8 Å². The number of carbonyl (C=O) groups excluding carboxylic acids is 1. The molecular formula is C30H33FN2O3S. The molecule has 1 heterocycles. The zero-order chi connectivity index (χ0) is 26.1. The first-order chi connectivity index (χ1) is 18.1. The number of benzene rings is 2. The zero-order valence-electron chi connectivity index (χ0n) is 21.4. The number of hydrogen-bond acceptors (Lipinski definition) is 6. The summed E-state index contributed by atoms with van der Waals surface area (Å²) in [5.41, 5.74) is 2.43. The molecule has 0 aliphatic heterocycles. The summed E-state index contributed by atoms with van der Waals surface area (Å²) in [7, 11) is 3.54. The predicted molar refractivity (Wildman–Crippen MR) is 147 cm³/mol. The molecule has 0 saturated heterocycles. The summed E-state index contributed by atoms with van der Waals surface area (Å²) in [6.45, 7) is 0.295. The molecule has 3 aromatic rings. The third-order valence-electron chi connectivity index (χ3n) is 7.15. The maximum Gasteiger partial charge on any atom is 0.338 e. The summed E-state index contributed by atoms with van der Waals surface area (Å²) >= 11 is 1.77. The molecule has 4 rings (SSSR count). The Morgan fingerprint density at radius 1 is 1.14 bits per heavy atom. The molecule has 1 aromatic heterocycles. The van der Waals surface area contributed by atoms with E-state index in [0.717, 1.165) is 47.8 Å². The van der Waals surface area contributed by atoms with Crippen molar-refractivity contribution in [2.24, 2.45) is 10.9 Å². The van der Waals surface area contributed by atoms with Crippen LogP contribution in [0.4, 0.5) is 4.39 Å². The molecule has 0 radical (unpaired) electrons. The Kier molecular flexibility index (Phi) is 9.34. The van der Waals surface area contributed by atoms with Crippen molar-refractivity contribution in [3.8, 4) is 5.75 Å². The van der Waals surface area contributed by atoms with E-state index < -0.39 is 5.97 Å². The van der Waals surface area contributed by atoms with E-state index >= 15 is 0 Å². The van der Waals surface area contributed by atoms with Gasteiger partial charge in [-0.3, -0.25) is 9.98 Å². The van der Waals surface area contributed by atoms with Crippen LogP contribution in [0, 0.1) is 11.7 Å². The van der Waals surface area contributed by atoms with Gasteiger partial charge in [0.05, 0.1) is 24.3 Å². The number of nitrogens with zero attached hydrogens (tertiary/aromatic N) is 2. The first-order valence-electron chi connectivity index (χ1n) is 12.6. The smallest absolute Gasteiger partial charge is 0.338 e. The Labute approximate surface area is 222 Å². The van der Waals surface area contributed by atoms with Crippen LogP contribution in [-0.4, -0.2) is 36.8 Å². The van der Waals surface area contributed by atoms with Gasteiger partial charge in [-0.1, -0.05) is 31.0 Å². The molecule has 2 aromatic carbocycles. The predicted octanol–water partition coefficient (Wildman–Crippen LogP) is 6.87. The summed E-state index contributed by atoms with van der Waals surface area (Å²) in [6, 6.07) is 17.7. The van der Waals surface area contributed by atoms with Gasteiger partial charge in [0.15, 0.2) is 0 Å². The molecule has 0 unspecified atom stereocenters. The number of hydrogen-bond donors (Lipinski definition) is 0. The number of aliphatic imine (C=N–C) groups is 1. The van der Waals surface area contributed by atoms with E-state index in [-0.39, 0.29) is 17.2 Å². The number of pyridine rings is 1. The molecule has 194 valence electrons. The molecule has 37 heavy (non-hydrogen) atoms. The lowest BCUT2D eigenvalue weighted by Gasteiger charge is -2.45. The molecular weight excluding hydrogens is 487 g/mol. The number of rotatable bonds is 9. The Morgan fingerprint density at radius 2 is 1.92 bits per heavy atom. The average Bonchev–Trinajstić information content (AvgIpc) is 2.95. The number of carbonyl (C=O) groups is 1. The first kappa shape index (κ1) is 26.9. The summed E-state index contributed by atoms with van der Waals surface area (Å²) in [6.07, 6.45) is 8.68. The zero-order valence-corrected chi connectivity index (χ0v) is 22.2. The van der Waals surface area contributed by atoms with Crippen molar-refractivity contribution in [3.05, 3.63) is 95.6 Å². The molecule has 0 amide bonds. The maximum atomic E-state index is 13.2. The Balaban J connectivity index is 1.54. The fourth-order valence-electron chi connectivity index (χ4n) is 5.28. The average molecular weight is 521 g/mol. The van der Waals surface area contributed by atoms with Crippen molar-refractivity contribution >= 4 is 22.8 Å². The first-order valence-corrected chi connectivity index (χ1v) is 13.6. The lowest BCUT2D eigenvalue weighted by atomic mass is 9.62. The summed E-state index contributed by atoms with van der Waals surface area (Å²) < 4.78 is 24.2. The molecule has 1 aliphatic rings. The second-order valence-corrected chi connectivity index (χ2v) is 10.2. The molecule has 1 fully saturated rings. The largest absolute Gasteiger partial charge is 0.497 e. The van der Waals surface area contributed by atoms with Crippen LogP contribution in [0.25, 0.3) is 0 Å². The molecule has 0 bridgehead atoms. The van der Waals surface area contributed by atoms with Crippen molar-refractivity contribution in [2.75, 3.05) is 20.8 Å². The lowest BCUT2D eigenvalue weighted by Crippen LogP contribution is -2.45. The highest BCUT2D eigenvalue weighted by Gasteiger charge is 2.46.